The van der Waals surface area contributed by atoms with Crippen molar-refractivity contribution in [3.63, 3.8) is 0 Å². The zero-order valence-corrected chi connectivity index (χ0v) is 9.27. The highest BCUT2D eigenvalue weighted by Crippen LogP contribution is 2.48. The molecular weight excluding hydrogens is 208 g/mol. The van der Waals surface area contributed by atoms with Gasteiger partial charge in [0.05, 0.1) is 7.11 Å². The van der Waals surface area contributed by atoms with Crippen molar-refractivity contribution in [3.05, 3.63) is 29.8 Å². The van der Waals surface area contributed by atoms with E-state index in [-0.39, 0.29) is 6.10 Å². The van der Waals surface area contributed by atoms with E-state index in [1.165, 1.54) is 0 Å². The van der Waals surface area contributed by atoms with Gasteiger partial charge in [0.1, 0.15) is 11.9 Å². The van der Waals surface area contributed by atoms with E-state index in [0.29, 0.717) is 17.7 Å². The van der Waals surface area contributed by atoms with Crippen LogP contribution in [0.2, 0.25) is 0 Å². The van der Waals surface area contributed by atoms with Gasteiger partial charge in [-0.3, -0.25) is 0 Å². The summed E-state index contributed by atoms with van der Waals surface area (Å²) in [6.07, 6.45) is 0.469. The van der Waals surface area contributed by atoms with Crippen molar-refractivity contribution in [2.75, 3.05) is 7.11 Å². The maximum atomic E-state index is 11.3. The molecule has 1 aromatic rings. The third-order valence-corrected chi connectivity index (χ3v) is 2.93. The molecule has 1 aliphatic heterocycles. The van der Waals surface area contributed by atoms with Crippen molar-refractivity contribution in [1.29, 1.82) is 0 Å². The van der Waals surface area contributed by atoms with Crippen LogP contribution < -0.4 is 4.74 Å². The summed E-state index contributed by atoms with van der Waals surface area (Å²) in [7, 11) is 1.57. The summed E-state index contributed by atoms with van der Waals surface area (Å²) in [5, 5.41) is 9.23. The average Bonchev–Trinajstić information content (AvgIpc) is 3.05. The van der Waals surface area contributed by atoms with Crippen LogP contribution >= 0.6 is 0 Å². The maximum Gasteiger partial charge on any atom is 0.343 e. The number of carbonyl (C=O) groups is 1. The third kappa shape index (κ3) is 1.46. The lowest BCUT2D eigenvalue weighted by atomic mass is 9.94. The van der Waals surface area contributed by atoms with E-state index < -0.39 is 11.6 Å². The lowest BCUT2D eigenvalue weighted by Crippen LogP contribution is -2.24. The highest BCUT2D eigenvalue weighted by atomic mass is 16.6. The Morgan fingerprint density at radius 1 is 1.50 bits per heavy atom. The number of aliphatic carboxylic acids is 1. The molecule has 1 N–H and O–H groups in total. The van der Waals surface area contributed by atoms with Gasteiger partial charge in [0.2, 0.25) is 5.60 Å². The maximum absolute atomic E-state index is 11.3. The van der Waals surface area contributed by atoms with Crippen LogP contribution in [-0.2, 0) is 15.1 Å². The molecule has 1 aliphatic rings. The van der Waals surface area contributed by atoms with Crippen LogP contribution in [0.5, 0.6) is 5.75 Å². The second-order valence-corrected chi connectivity index (χ2v) is 3.78. The summed E-state index contributed by atoms with van der Waals surface area (Å²) < 4.78 is 10.4. The normalized spacial score (nSPS) is 27.5. The van der Waals surface area contributed by atoms with Gasteiger partial charge in [-0.25, -0.2) is 4.79 Å². The molecule has 0 saturated carbocycles. The molecule has 16 heavy (non-hydrogen) atoms. The van der Waals surface area contributed by atoms with Gasteiger partial charge in [-0.1, -0.05) is 19.1 Å². The molecule has 0 aromatic heterocycles. The molecule has 1 aromatic carbocycles. The molecule has 0 unspecified atom stereocenters. The van der Waals surface area contributed by atoms with Gasteiger partial charge in [0.25, 0.3) is 0 Å². The van der Waals surface area contributed by atoms with Crippen LogP contribution in [0, 0.1) is 0 Å². The van der Waals surface area contributed by atoms with Crippen molar-refractivity contribution in [3.8, 4) is 5.75 Å². The predicted molar refractivity (Wildman–Crippen MR) is 57.5 cm³/mol. The first-order valence-electron chi connectivity index (χ1n) is 5.21. The van der Waals surface area contributed by atoms with E-state index in [1.807, 2.05) is 6.92 Å². The first-order chi connectivity index (χ1) is 7.65. The smallest absolute Gasteiger partial charge is 0.343 e. The van der Waals surface area contributed by atoms with Crippen LogP contribution in [0.15, 0.2) is 24.3 Å². The number of rotatable bonds is 4. The average molecular weight is 222 g/mol. The molecule has 1 heterocycles. The number of hydrogen-bond donors (Lipinski definition) is 1. The molecule has 0 bridgehead atoms. The fourth-order valence-electron chi connectivity index (χ4n) is 1.97. The van der Waals surface area contributed by atoms with Crippen LogP contribution in [0.4, 0.5) is 0 Å². The van der Waals surface area contributed by atoms with Gasteiger partial charge in [0.15, 0.2) is 0 Å². The Morgan fingerprint density at radius 3 is 2.50 bits per heavy atom. The van der Waals surface area contributed by atoms with Crippen molar-refractivity contribution >= 4 is 5.97 Å². The zero-order chi connectivity index (χ0) is 11.8. The molecule has 0 amide bonds. The minimum absolute atomic E-state index is 0.224. The minimum Gasteiger partial charge on any atom is -0.497 e. The summed E-state index contributed by atoms with van der Waals surface area (Å²) in [5.41, 5.74) is -0.464. The van der Waals surface area contributed by atoms with E-state index in [2.05, 4.69) is 0 Å². The summed E-state index contributed by atoms with van der Waals surface area (Å²) in [4.78, 5) is 11.3. The number of epoxide rings is 1. The van der Waals surface area contributed by atoms with E-state index in [1.54, 1.807) is 31.4 Å². The highest BCUT2D eigenvalue weighted by Gasteiger charge is 2.63. The Morgan fingerprint density at radius 2 is 2.12 bits per heavy atom. The van der Waals surface area contributed by atoms with Crippen LogP contribution in [0.1, 0.15) is 18.9 Å². The molecule has 1 fully saturated rings. The molecule has 0 aliphatic carbocycles. The van der Waals surface area contributed by atoms with Gasteiger partial charge in [-0.05, 0) is 24.1 Å². The van der Waals surface area contributed by atoms with Crippen molar-refractivity contribution in [2.45, 2.75) is 25.0 Å². The molecular formula is C12H14O4. The van der Waals surface area contributed by atoms with E-state index in [4.69, 9.17) is 9.47 Å². The summed E-state index contributed by atoms with van der Waals surface area (Å²) in [6, 6.07) is 6.97. The number of hydrogen-bond acceptors (Lipinski definition) is 3. The molecule has 2 atom stereocenters. The molecule has 1 saturated heterocycles. The fraction of sp³-hybridized carbons (Fsp3) is 0.417. The van der Waals surface area contributed by atoms with Gasteiger partial charge in [-0.15, -0.1) is 0 Å². The molecule has 4 heteroatoms. The highest BCUT2D eigenvalue weighted by molar-refractivity contribution is 5.83. The largest absolute Gasteiger partial charge is 0.497 e. The lowest BCUT2D eigenvalue weighted by Gasteiger charge is -2.08. The Balaban J connectivity index is 2.31. The monoisotopic (exact) mass is 222 g/mol. The molecule has 2 rings (SSSR count). The van der Waals surface area contributed by atoms with Crippen LogP contribution in [0.25, 0.3) is 0 Å². The quantitative estimate of drug-likeness (QED) is 0.789. The minimum atomic E-state index is -1.14. The first kappa shape index (κ1) is 11.0. The van der Waals surface area contributed by atoms with Gasteiger partial charge in [-0.2, -0.15) is 0 Å². The Bertz CT molecular complexity index is 398. The number of carboxylic acid groups (broad SMARTS) is 1. The topological polar surface area (TPSA) is 59.1 Å². The summed E-state index contributed by atoms with van der Waals surface area (Å²) in [6.45, 7) is 1.92. The second-order valence-electron chi connectivity index (χ2n) is 3.78. The predicted octanol–water partition coefficient (Wildman–Crippen LogP) is 1.78. The van der Waals surface area contributed by atoms with Crippen LogP contribution in [0.3, 0.4) is 0 Å². The van der Waals surface area contributed by atoms with Crippen molar-refractivity contribution < 1.29 is 19.4 Å². The number of benzene rings is 1. The molecule has 86 valence electrons. The molecule has 4 nitrogen and oxygen atoms in total. The van der Waals surface area contributed by atoms with E-state index in [9.17, 15) is 9.90 Å². The standard InChI is InChI=1S/C12H14O4/c1-3-10-12(16-10,11(13)14)8-4-6-9(15-2)7-5-8/h4-7,10H,3H2,1-2H3,(H,13,14)/t10-,12+/m0/s1. The lowest BCUT2D eigenvalue weighted by molar-refractivity contribution is -0.143. The SMILES string of the molecule is CC[C@@H]1O[C@]1(C(=O)O)c1ccc(OC)cc1. The first-order valence-corrected chi connectivity index (χ1v) is 5.21. The Labute approximate surface area is 93.8 Å². The van der Waals surface area contributed by atoms with Crippen molar-refractivity contribution in [2.24, 2.45) is 0 Å². The van der Waals surface area contributed by atoms with E-state index >= 15 is 0 Å². The number of methoxy groups -OCH3 is 1. The fourth-order valence-corrected chi connectivity index (χ4v) is 1.97. The zero-order valence-electron chi connectivity index (χ0n) is 9.27. The van der Waals surface area contributed by atoms with E-state index in [0.717, 1.165) is 0 Å². The van der Waals surface area contributed by atoms with Gasteiger partial charge < -0.3 is 14.6 Å². The van der Waals surface area contributed by atoms with Gasteiger partial charge >= 0.3 is 5.97 Å². The summed E-state index contributed by atoms with van der Waals surface area (Å²) >= 11 is 0. The Kier molecular flexibility index (Phi) is 2.59. The Hall–Kier alpha value is -1.55. The second kappa shape index (κ2) is 3.79. The summed E-state index contributed by atoms with van der Waals surface area (Å²) in [5.74, 6) is -0.220. The number of carboxylic acids is 1. The van der Waals surface area contributed by atoms with Crippen molar-refractivity contribution in [1.82, 2.24) is 0 Å². The molecule has 0 radical (unpaired) electrons. The number of ether oxygens (including phenoxy) is 2. The third-order valence-electron chi connectivity index (χ3n) is 2.93. The molecule has 0 spiro atoms. The van der Waals surface area contributed by atoms with Gasteiger partial charge in [0, 0.05) is 0 Å². The van der Waals surface area contributed by atoms with Crippen LogP contribution in [-0.4, -0.2) is 24.3 Å².